The highest BCUT2D eigenvalue weighted by atomic mass is 35.5. The minimum absolute atomic E-state index is 0.0935. The van der Waals surface area contributed by atoms with Crippen molar-refractivity contribution < 1.29 is 9.53 Å². The zero-order valence-corrected chi connectivity index (χ0v) is 11.1. The molecular formula is C13H17ClN2O2. The van der Waals surface area contributed by atoms with E-state index in [9.17, 15) is 4.79 Å². The number of hydrogen-bond acceptors (Lipinski definition) is 3. The van der Waals surface area contributed by atoms with Crippen molar-refractivity contribution in [3.05, 3.63) is 23.2 Å². The first-order valence-corrected chi connectivity index (χ1v) is 6.32. The van der Waals surface area contributed by atoms with Gasteiger partial charge in [0.25, 0.3) is 0 Å². The molecule has 0 bridgehead atoms. The van der Waals surface area contributed by atoms with Crippen LogP contribution in [0.25, 0.3) is 0 Å². The fourth-order valence-electron chi connectivity index (χ4n) is 2.15. The molecule has 0 aliphatic heterocycles. The lowest BCUT2D eigenvalue weighted by Crippen LogP contribution is -2.42. The van der Waals surface area contributed by atoms with Gasteiger partial charge in [0.1, 0.15) is 0 Å². The van der Waals surface area contributed by atoms with Crippen molar-refractivity contribution in [1.29, 1.82) is 0 Å². The van der Waals surface area contributed by atoms with Gasteiger partial charge in [-0.25, -0.2) is 0 Å². The quantitative estimate of drug-likeness (QED) is 0.826. The lowest BCUT2D eigenvalue weighted by atomic mass is 9.77. The lowest BCUT2D eigenvalue weighted by Gasteiger charge is -2.39. The third kappa shape index (κ3) is 2.76. The smallest absolute Gasteiger partial charge is 0.227 e. The molecule has 1 aliphatic rings. The van der Waals surface area contributed by atoms with Crippen molar-refractivity contribution in [3.8, 4) is 0 Å². The predicted molar refractivity (Wildman–Crippen MR) is 72.7 cm³/mol. The number of anilines is 2. The Morgan fingerprint density at radius 2 is 2.28 bits per heavy atom. The summed E-state index contributed by atoms with van der Waals surface area (Å²) in [6.45, 7) is 0. The average molecular weight is 269 g/mol. The van der Waals surface area contributed by atoms with Crippen LogP contribution in [-0.4, -0.2) is 18.6 Å². The molecular weight excluding hydrogens is 252 g/mol. The van der Waals surface area contributed by atoms with Gasteiger partial charge in [-0.15, -0.1) is 0 Å². The highest BCUT2D eigenvalue weighted by molar-refractivity contribution is 6.33. The van der Waals surface area contributed by atoms with Crippen LogP contribution in [0.3, 0.4) is 0 Å². The van der Waals surface area contributed by atoms with E-state index in [1.807, 2.05) is 0 Å². The predicted octanol–water partition coefficient (Wildman–Crippen LogP) is 2.82. The molecule has 0 unspecified atom stereocenters. The fourth-order valence-corrected chi connectivity index (χ4v) is 2.31. The molecule has 0 spiro atoms. The van der Waals surface area contributed by atoms with Crippen LogP contribution in [-0.2, 0) is 9.53 Å². The highest BCUT2D eigenvalue weighted by Crippen LogP contribution is 2.38. The van der Waals surface area contributed by atoms with E-state index in [1.54, 1.807) is 25.3 Å². The fraction of sp³-hybridized carbons (Fsp3) is 0.462. The number of nitrogen functional groups attached to an aromatic ring is 1. The Bertz CT molecular complexity index is 453. The van der Waals surface area contributed by atoms with Crippen LogP contribution < -0.4 is 11.1 Å². The highest BCUT2D eigenvalue weighted by Gasteiger charge is 2.39. The largest absolute Gasteiger partial charge is 0.399 e. The number of carbonyl (C=O) groups is 1. The SMILES string of the molecule is COC1(CC(=O)Nc2cc(N)ccc2Cl)CCC1. The van der Waals surface area contributed by atoms with Gasteiger partial charge in [-0.1, -0.05) is 11.6 Å². The Balaban J connectivity index is 2.00. The number of amides is 1. The van der Waals surface area contributed by atoms with Crippen LogP contribution in [0, 0.1) is 0 Å². The Morgan fingerprint density at radius 3 is 2.83 bits per heavy atom. The Hall–Kier alpha value is -1.26. The second kappa shape index (κ2) is 5.16. The first-order valence-electron chi connectivity index (χ1n) is 5.95. The maximum Gasteiger partial charge on any atom is 0.227 e. The molecule has 1 fully saturated rings. The lowest BCUT2D eigenvalue weighted by molar-refractivity contribution is -0.129. The van der Waals surface area contributed by atoms with Crippen LogP contribution in [0.2, 0.25) is 5.02 Å². The second-order valence-corrected chi connectivity index (χ2v) is 5.11. The normalized spacial score (nSPS) is 17.0. The molecule has 3 N–H and O–H groups in total. The van der Waals surface area contributed by atoms with Gasteiger partial charge < -0.3 is 15.8 Å². The molecule has 1 amide bonds. The minimum atomic E-state index is -0.281. The van der Waals surface area contributed by atoms with Crippen LogP contribution >= 0.6 is 11.6 Å². The van der Waals surface area contributed by atoms with Gasteiger partial charge in [0.05, 0.1) is 22.7 Å². The first-order chi connectivity index (χ1) is 8.54. The van der Waals surface area contributed by atoms with Crippen molar-refractivity contribution in [2.24, 2.45) is 0 Å². The number of nitrogens with one attached hydrogen (secondary N) is 1. The molecule has 1 aromatic carbocycles. The van der Waals surface area contributed by atoms with Crippen LogP contribution in [0.15, 0.2) is 18.2 Å². The van der Waals surface area contributed by atoms with E-state index < -0.39 is 0 Å². The number of halogens is 1. The number of benzene rings is 1. The van der Waals surface area contributed by atoms with Gasteiger partial charge in [-0.05, 0) is 37.5 Å². The van der Waals surface area contributed by atoms with Crippen molar-refractivity contribution in [3.63, 3.8) is 0 Å². The van der Waals surface area contributed by atoms with E-state index in [0.29, 0.717) is 22.8 Å². The summed E-state index contributed by atoms with van der Waals surface area (Å²) in [6.07, 6.45) is 3.33. The van der Waals surface area contributed by atoms with E-state index in [2.05, 4.69) is 5.32 Å². The summed E-state index contributed by atoms with van der Waals surface area (Å²) < 4.78 is 5.42. The molecule has 0 aromatic heterocycles. The molecule has 1 aliphatic carbocycles. The summed E-state index contributed by atoms with van der Waals surface area (Å²) in [5.41, 5.74) is 6.50. The van der Waals surface area contributed by atoms with Crippen molar-refractivity contribution in [2.45, 2.75) is 31.3 Å². The first kappa shape index (κ1) is 13.2. The van der Waals surface area contributed by atoms with Crippen LogP contribution in [0.5, 0.6) is 0 Å². The minimum Gasteiger partial charge on any atom is -0.399 e. The summed E-state index contributed by atoms with van der Waals surface area (Å²) in [7, 11) is 1.65. The zero-order chi connectivity index (χ0) is 13.2. The zero-order valence-electron chi connectivity index (χ0n) is 10.3. The molecule has 0 atom stereocenters. The molecule has 5 heteroatoms. The van der Waals surface area contributed by atoms with E-state index in [1.165, 1.54) is 0 Å². The maximum absolute atomic E-state index is 12.0. The monoisotopic (exact) mass is 268 g/mol. The molecule has 4 nitrogen and oxygen atoms in total. The molecule has 0 heterocycles. The number of carbonyl (C=O) groups excluding carboxylic acids is 1. The Labute approximate surface area is 111 Å². The Morgan fingerprint density at radius 1 is 1.56 bits per heavy atom. The van der Waals surface area contributed by atoms with E-state index in [4.69, 9.17) is 22.1 Å². The van der Waals surface area contributed by atoms with Gasteiger partial charge in [-0.2, -0.15) is 0 Å². The topological polar surface area (TPSA) is 64.3 Å². The standard InChI is InChI=1S/C13H17ClN2O2/c1-18-13(5-2-6-13)8-12(17)16-11-7-9(15)3-4-10(11)14/h3-4,7H,2,5-6,8,15H2,1H3,(H,16,17). The molecule has 2 rings (SSSR count). The summed E-state index contributed by atoms with van der Waals surface area (Å²) in [6, 6.07) is 5.02. The Kier molecular flexibility index (Phi) is 3.78. The van der Waals surface area contributed by atoms with Gasteiger partial charge >= 0.3 is 0 Å². The third-order valence-corrected chi connectivity index (χ3v) is 3.77. The summed E-state index contributed by atoms with van der Waals surface area (Å²) in [5, 5.41) is 3.26. The van der Waals surface area contributed by atoms with Gasteiger partial charge in [0.15, 0.2) is 0 Å². The van der Waals surface area contributed by atoms with Crippen LogP contribution in [0.1, 0.15) is 25.7 Å². The third-order valence-electron chi connectivity index (χ3n) is 3.45. The molecule has 0 saturated heterocycles. The van der Waals surface area contributed by atoms with Gasteiger partial charge in [-0.3, -0.25) is 4.79 Å². The van der Waals surface area contributed by atoms with E-state index >= 15 is 0 Å². The van der Waals surface area contributed by atoms with Gasteiger partial charge in [0.2, 0.25) is 5.91 Å². The molecule has 1 aromatic rings. The number of rotatable bonds is 4. The molecule has 1 saturated carbocycles. The van der Waals surface area contributed by atoms with E-state index in [-0.39, 0.29) is 11.5 Å². The number of hydrogen-bond donors (Lipinski definition) is 2. The van der Waals surface area contributed by atoms with Crippen molar-refractivity contribution in [2.75, 3.05) is 18.2 Å². The number of ether oxygens (including phenoxy) is 1. The molecule has 0 radical (unpaired) electrons. The summed E-state index contributed by atoms with van der Waals surface area (Å²) in [5.74, 6) is -0.0935. The van der Waals surface area contributed by atoms with Crippen molar-refractivity contribution in [1.82, 2.24) is 0 Å². The number of nitrogens with two attached hydrogens (primary N) is 1. The average Bonchev–Trinajstić information content (AvgIpc) is 2.28. The number of methoxy groups -OCH3 is 1. The van der Waals surface area contributed by atoms with Crippen LogP contribution in [0.4, 0.5) is 11.4 Å². The van der Waals surface area contributed by atoms with E-state index in [0.717, 1.165) is 19.3 Å². The maximum atomic E-state index is 12.0. The molecule has 18 heavy (non-hydrogen) atoms. The van der Waals surface area contributed by atoms with Crippen molar-refractivity contribution >= 4 is 28.9 Å². The second-order valence-electron chi connectivity index (χ2n) is 4.70. The van der Waals surface area contributed by atoms with Gasteiger partial charge in [0, 0.05) is 12.8 Å². The summed E-state index contributed by atoms with van der Waals surface area (Å²) >= 11 is 5.99. The summed E-state index contributed by atoms with van der Waals surface area (Å²) in [4.78, 5) is 12.0. The molecule has 98 valence electrons.